The maximum atomic E-state index is 9.92. The van der Waals surface area contributed by atoms with E-state index in [4.69, 9.17) is 9.47 Å². The summed E-state index contributed by atoms with van der Waals surface area (Å²) in [5, 5.41) is 19.1. The van der Waals surface area contributed by atoms with E-state index >= 15 is 0 Å². The molecule has 2 aromatic rings. The van der Waals surface area contributed by atoms with Gasteiger partial charge in [-0.2, -0.15) is 0 Å². The Labute approximate surface area is 132 Å². The Hall–Kier alpha value is -1.81. The number of anilines is 1. The first-order chi connectivity index (χ1) is 11.3. The molecule has 0 aromatic carbocycles. The van der Waals surface area contributed by atoms with Gasteiger partial charge in [0.1, 0.15) is 18.7 Å². The fourth-order valence-electron chi connectivity index (χ4n) is 3.11. The Kier molecular flexibility index (Phi) is 3.85. The minimum absolute atomic E-state index is 0.210. The molecule has 9 heteroatoms. The number of hydrogen-bond acceptors (Lipinski definition) is 8. The second kappa shape index (κ2) is 6.00. The number of rotatable bonds is 3. The molecule has 1 unspecified atom stereocenters. The average molecular weight is 321 g/mol. The number of nitrogens with zero attached hydrogens (tertiary/aromatic N) is 5. The molecule has 2 aliphatic heterocycles. The summed E-state index contributed by atoms with van der Waals surface area (Å²) < 4.78 is 12.9. The minimum Gasteiger partial charge on any atom is -0.394 e. The van der Waals surface area contributed by atoms with E-state index in [0.29, 0.717) is 30.8 Å². The van der Waals surface area contributed by atoms with Crippen molar-refractivity contribution in [1.29, 1.82) is 0 Å². The number of aliphatic hydroxyl groups excluding tert-OH is 2. The summed E-state index contributed by atoms with van der Waals surface area (Å²) in [4.78, 5) is 15.3. The van der Waals surface area contributed by atoms with Gasteiger partial charge >= 0.3 is 0 Å². The van der Waals surface area contributed by atoms with Crippen molar-refractivity contribution in [3.05, 3.63) is 12.7 Å². The summed E-state index contributed by atoms with van der Waals surface area (Å²) in [6.45, 7) is 2.66. The predicted octanol–water partition coefficient (Wildman–Crippen LogP) is -0.696. The molecule has 0 saturated carbocycles. The topological polar surface area (TPSA) is 106 Å². The third-order valence-electron chi connectivity index (χ3n) is 4.34. The van der Waals surface area contributed by atoms with E-state index in [1.54, 1.807) is 10.9 Å². The van der Waals surface area contributed by atoms with Gasteiger partial charge in [0.15, 0.2) is 17.0 Å². The monoisotopic (exact) mass is 321 g/mol. The van der Waals surface area contributed by atoms with Crippen molar-refractivity contribution in [2.75, 3.05) is 37.8 Å². The molecule has 2 saturated heterocycles. The van der Waals surface area contributed by atoms with E-state index in [0.717, 1.165) is 18.9 Å². The molecule has 0 aliphatic carbocycles. The van der Waals surface area contributed by atoms with Crippen molar-refractivity contribution in [3.8, 4) is 0 Å². The van der Waals surface area contributed by atoms with Gasteiger partial charge in [0, 0.05) is 19.5 Å². The van der Waals surface area contributed by atoms with Crippen LogP contribution in [-0.2, 0) is 9.47 Å². The minimum atomic E-state index is -0.692. The number of aliphatic hydroxyl groups is 2. The molecule has 4 heterocycles. The lowest BCUT2D eigenvalue weighted by atomic mass is 10.2. The Morgan fingerprint density at radius 3 is 2.78 bits per heavy atom. The van der Waals surface area contributed by atoms with Crippen LogP contribution in [0.5, 0.6) is 0 Å². The van der Waals surface area contributed by atoms with Gasteiger partial charge in [0.05, 0.1) is 32.3 Å². The number of ether oxygens (including phenoxy) is 2. The SMILES string of the molecule is OC[C@H]1O[C@@H](n2cnc3c(N4CCOCC4)ncnc32)CC1O. The van der Waals surface area contributed by atoms with Gasteiger partial charge < -0.3 is 24.6 Å². The molecule has 0 amide bonds. The fraction of sp³-hybridized carbons (Fsp3) is 0.643. The standard InChI is InChI=1S/C14H19N5O4/c20-6-10-9(21)5-11(23-10)19-8-17-12-13(15-7-16-14(12)19)18-1-3-22-4-2-18/h7-11,20-21H,1-6H2/t9?,10-,11-/m1/s1. The van der Waals surface area contributed by atoms with Crippen molar-refractivity contribution in [2.45, 2.75) is 24.9 Å². The molecule has 4 rings (SSSR count). The van der Waals surface area contributed by atoms with E-state index in [9.17, 15) is 10.2 Å². The first-order valence-corrected chi connectivity index (χ1v) is 7.72. The molecule has 0 radical (unpaired) electrons. The highest BCUT2D eigenvalue weighted by molar-refractivity contribution is 5.83. The van der Waals surface area contributed by atoms with Gasteiger partial charge in [0.2, 0.25) is 0 Å². The lowest BCUT2D eigenvalue weighted by Crippen LogP contribution is -2.37. The summed E-state index contributed by atoms with van der Waals surface area (Å²) in [6.07, 6.45) is 1.91. The summed E-state index contributed by atoms with van der Waals surface area (Å²) >= 11 is 0. The second-order valence-electron chi connectivity index (χ2n) is 5.74. The van der Waals surface area contributed by atoms with E-state index in [-0.39, 0.29) is 12.8 Å². The van der Waals surface area contributed by atoms with Crippen LogP contribution in [0.25, 0.3) is 11.2 Å². The molecule has 2 aliphatic rings. The van der Waals surface area contributed by atoms with Gasteiger partial charge in [0.25, 0.3) is 0 Å². The van der Waals surface area contributed by atoms with E-state index in [1.165, 1.54) is 6.33 Å². The lowest BCUT2D eigenvalue weighted by Gasteiger charge is -2.27. The number of hydrogen-bond donors (Lipinski definition) is 2. The third kappa shape index (κ3) is 2.55. The van der Waals surface area contributed by atoms with Crippen LogP contribution >= 0.6 is 0 Å². The second-order valence-corrected chi connectivity index (χ2v) is 5.74. The summed E-state index contributed by atoms with van der Waals surface area (Å²) in [5.41, 5.74) is 1.37. The highest BCUT2D eigenvalue weighted by Crippen LogP contribution is 2.32. The van der Waals surface area contributed by atoms with E-state index in [2.05, 4.69) is 19.9 Å². The molecule has 0 bridgehead atoms. The van der Waals surface area contributed by atoms with Crippen LogP contribution in [-0.4, -0.2) is 74.9 Å². The molecule has 2 aromatic heterocycles. The Morgan fingerprint density at radius 1 is 1.22 bits per heavy atom. The van der Waals surface area contributed by atoms with Crippen LogP contribution in [0.3, 0.4) is 0 Å². The van der Waals surface area contributed by atoms with E-state index < -0.39 is 12.2 Å². The molecule has 2 fully saturated rings. The average Bonchev–Trinajstić information content (AvgIpc) is 3.18. The molecule has 124 valence electrons. The number of morpholine rings is 1. The molecule has 2 N–H and O–H groups in total. The Morgan fingerprint density at radius 2 is 2.04 bits per heavy atom. The Bertz CT molecular complexity index is 687. The highest BCUT2D eigenvalue weighted by Gasteiger charge is 2.35. The number of fused-ring (bicyclic) bond motifs is 1. The fourth-order valence-corrected chi connectivity index (χ4v) is 3.11. The maximum absolute atomic E-state index is 9.92. The van der Waals surface area contributed by atoms with Crippen LogP contribution in [0.15, 0.2) is 12.7 Å². The van der Waals surface area contributed by atoms with Gasteiger partial charge in [-0.05, 0) is 0 Å². The number of aromatic nitrogens is 4. The molecule has 0 spiro atoms. The molecular weight excluding hydrogens is 302 g/mol. The quantitative estimate of drug-likeness (QED) is 0.765. The Balaban J connectivity index is 1.68. The smallest absolute Gasteiger partial charge is 0.167 e. The molecule has 3 atom stereocenters. The van der Waals surface area contributed by atoms with Crippen LogP contribution in [0.1, 0.15) is 12.6 Å². The molecule has 23 heavy (non-hydrogen) atoms. The largest absolute Gasteiger partial charge is 0.394 e. The van der Waals surface area contributed by atoms with Gasteiger partial charge in [-0.3, -0.25) is 4.57 Å². The predicted molar refractivity (Wildman–Crippen MR) is 80.0 cm³/mol. The third-order valence-corrected chi connectivity index (χ3v) is 4.34. The van der Waals surface area contributed by atoms with Crippen molar-refractivity contribution in [3.63, 3.8) is 0 Å². The summed E-state index contributed by atoms with van der Waals surface area (Å²) in [6, 6.07) is 0. The lowest BCUT2D eigenvalue weighted by molar-refractivity contribution is -0.0432. The zero-order valence-corrected chi connectivity index (χ0v) is 12.6. The summed E-state index contributed by atoms with van der Waals surface area (Å²) in [7, 11) is 0. The van der Waals surface area contributed by atoms with Gasteiger partial charge in [-0.1, -0.05) is 0 Å². The zero-order chi connectivity index (χ0) is 15.8. The van der Waals surface area contributed by atoms with Crippen LogP contribution in [0.4, 0.5) is 5.82 Å². The van der Waals surface area contributed by atoms with Gasteiger partial charge in [-0.15, -0.1) is 0 Å². The number of imidazole rings is 1. The highest BCUT2D eigenvalue weighted by atomic mass is 16.5. The van der Waals surface area contributed by atoms with Crippen LogP contribution in [0.2, 0.25) is 0 Å². The van der Waals surface area contributed by atoms with Crippen molar-refractivity contribution in [1.82, 2.24) is 19.5 Å². The van der Waals surface area contributed by atoms with E-state index in [1.807, 2.05) is 0 Å². The molecular formula is C14H19N5O4. The summed E-state index contributed by atoms with van der Waals surface area (Å²) in [5.74, 6) is 0.786. The normalized spacial score (nSPS) is 28.6. The first kappa shape index (κ1) is 14.8. The first-order valence-electron chi connectivity index (χ1n) is 7.72. The maximum Gasteiger partial charge on any atom is 0.167 e. The van der Waals surface area contributed by atoms with Crippen LogP contribution < -0.4 is 4.90 Å². The van der Waals surface area contributed by atoms with Crippen LogP contribution in [0, 0.1) is 0 Å². The molecule has 9 nitrogen and oxygen atoms in total. The zero-order valence-electron chi connectivity index (χ0n) is 12.6. The van der Waals surface area contributed by atoms with Crippen molar-refractivity contribution >= 4 is 17.0 Å². The van der Waals surface area contributed by atoms with Gasteiger partial charge in [-0.25, -0.2) is 15.0 Å². The van der Waals surface area contributed by atoms with Crippen molar-refractivity contribution in [2.24, 2.45) is 0 Å². The van der Waals surface area contributed by atoms with Crippen molar-refractivity contribution < 1.29 is 19.7 Å².